The van der Waals surface area contributed by atoms with Crippen molar-refractivity contribution in [3.05, 3.63) is 0 Å². The molecule has 2 atom stereocenters. The summed E-state index contributed by atoms with van der Waals surface area (Å²) in [6, 6.07) is 0. The van der Waals surface area contributed by atoms with E-state index in [1.807, 2.05) is 0 Å². The predicted octanol–water partition coefficient (Wildman–Crippen LogP) is 4.38. The van der Waals surface area contributed by atoms with Crippen molar-refractivity contribution in [3.63, 3.8) is 0 Å². The van der Waals surface area contributed by atoms with Gasteiger partial charge in [0.25, 0.3) is 0 Å². The van der Waals surface area contributed by atoms with Crippen molar-refractivity contribution in [2.24, 2.45) is 11.8 Å². The van der Waals surface area contributed by atoms with Gasteiger partial charge in [-0.15, -0.1) is 0 Å². The van der Waals surface area contributed by atoms with Crippen molar-refractivity contribution in [2.75, 3.05) is 0 Å². The third-order valence-corrected chi connectivity index (χ3v) is 4.05. The monoisotopic (exact) mass is 232 g/mol. The fourth-order valence-electron chi connectivity index (χ4n) is 2.21. The first-order chi connectivity index (χ1) is 5.70. The molecule has 0 spiro atoms. The third-order valence-electron chi connectivity index (χ3n) is 2.84. The SMILES string of the molecule is CC(C)CC1CCCCCC1Br. The van der Waals surface area contributed by atoms with Crippen LogP contribution in [0.15, 0.2) is 0 Å². The number of rotatable bonds is 2. The minimum atomic E-state index is 0.808. The summed E-state index contributed by atoms with van der Waals surface area (Å²) in [6.07, 6.45) is 8.61. The Bertz CT molecular complexity index is 120. The molecule has 0 aromatic heterocycles. The van der Waals surface area contributed by atoms with Crippen molar-refractivity contribution >= 4 is 15.9 Å². The van der Waals surface area contributed by atoms with E-state index in [9.17, 15) is 0 Å². The molecule has 72 valence electrons. The van der Waals surface area contributed by atoms with Gasteiger partial charge in [-0.3, -0.25) is 0 Å². The summed E-state index contributed by atoms with van der Waals surface area (Å²) in [5.74, 6) is 1.82. The zero-order chi connectivity index (χ0) is 8.97. The lowest BCUT2D eigenvalue weighted by atomic mass is 9.91. The Kier molecular flexibility index (Phi) is 4.63. The van der Waals surface area contributed by atoms with E-state index in [4.69, 9.17) is 0 Å². The first-order valence-electron chi connectivity index (χ1n) is 5.34. The summed E-state index contributed by atoms with van der Waals surface area (Å²) in [5, 5.41) is 0. The van der Waals surface area contributed by atoms with Gasteiger partial charge in [0.1, 0.15) is 0 Å². The van der Waals surface area contributed by atoms with Gasteiger partial charge in [-0.25, -0.2) is 0 Å². The second-order valence-corrected chi connectivity index (χ2v) is 5.72. The number of alkyl halides is 1. The Hall–Kier alpha value is 0.480. The van der Waals surface area contributed by atoms with E-state index >= 15 is 0 Å². The van der Waals surface area contributed by atoms with Crippen LogP contribution in [0.5, 0.6) is 0 Å². The topological polar surface area (TPSA) is 0 Å². The van der Waals surface area contributed by atoms with Crippen LogP contribution in [0.2, 0.25) is 0 Å². The van der Waals surface area contributed by atoms with Crippen molar-refractivity contribution in [3.8, 4) is 0 Å². The van der Waals surface area contributed by atoms with Gasteiger partial charge in [-0.2, -0.15) is 0 Å². The van der Waals surface area contributed by atoms with Crippen LogP contribution >= 0.6 is 15.9 Å². The molecule has 1 heteroatoms. The summed E-state index contributed by atoms with van der Waals surface area (Å²) in [7, 11) is 0. The lowest BCUT2D eigenvalue weighted by molar-refractivity contribution is 0.382. The second-order valence-electron chi connectivity index (χ2n) is 4.54. The molecule has 0 heterocycles. The van der Waals surface area contributed by atoms with E-state index in [2.05, 4.69) is 29.8 Å². The van der Waals surface area contributed by atoms with E-state index in [1.165, 1.54) is 38.5 Å². The molecule has 0 nitrogen and oxygen atoms in total. The van der Waals surface area contributed by atoms with Gasteiger partial charge in [-0.05, 0) is 31.1 Å². The number of halogens is 1. The Balaban J connectivity index is 2.36. The van der Waals surface area contributed by atoms with Crippen LogP contribution in [0.1, 0.15) is 52.4 Å². The summed E-state index contributed by atoms with van der Waals surface area (Å²) in [4.78, 5) is 0.808. The molecule has 0 saturated heterocycles. The minimum absolute atomic E-state index is 0.808. The highest BCUT2D eigenvalue weighted by atomic mass is 79.9. The van der Waals surface area contributed by atoms with Crippen LogP contribution in [0.3, 0.4) is 0 Å². The Morgan fingerprint density at radius 3 is 2.50 bits per heavy atom. The average Bonchev–Trinajstić information content (AvgIpc) is 2.16. The van der Waals surface area contributed by atoms with Gasteiger partial charge in [-0.1, -0.05) is 49.0 Å². The molecule has 1 saturated carbocycles. The van der Waals surface area contributed by atoms with Gasteiger partial charge in [0.15, 0.2) is 0 Å². The third kappa shape index (κ3) is 3.47. The smallest absolute Gasteiger partial charge is 0.0174 e. The fraction of sp³-hybridized carbons (Fsp3) is 1.00. The normalized spacial score (nSPS) is 32.0. The summed E-state index contributed by atoms with van der Waals surface area (Å²) >= 11 is 3.83. The highest BCUT2D eigenvalue weighted by molar-refractivity contribution is 9.09. The highest BCUT2D eigenvalue weighted by Crippen LogP contribution is 2.32. The fourth-order valence-corrected chi connectivity index (χ4v) is 3.01. The van der Waals surface area contributed by atoms with E-state index < -0.39 is 0 Å². The second kappa shape index (κ2) is 5.26. The lowest BCUT2D eigenvalue weighted by Crippen LogP contribution is -2.14. The van der Waals surface area contributed by atoms with Crippen LogP contribution in [0.4, 0.5) is 0 Å². The maximum atomic E-state index is 3.83. The molecular formula is C11H21Br. The van der Waals surface area contributed by atoms with E-state index in [1.54, 1.807) is 0 Å². The van der Waals surface area contributed by atoms with Gasteiger partial charge in [0.05, 0.1) is 0 Å². The molecule has 0 radical (unpaired) electrons. The number of hydrogen-bond donors (Lipinski definition) is 0. The Morgan fingerprint density at radius 1 is 1.17 bits per heavy atom. The molecule has 1 aliphatic rings. The van der Waals surface area contributed by atoms with E-state index in [-0.39, 0.29) is 0 Å². The first-order valence-corrected chi connectivity index (χ1v) is 6.25. The molecule has 0 N–H and O–H groups in total. The summed E-state index contributed by atoms with van der Waals surface area (Å²) in [6.45, 7) is 4.68. The molecular weight excluding hydrogens is 212 g/mol. The standard InChI is InChI=1S/C11H21Br/c1-9(2)8-10-6-4-3-5-7-11(10)12/h9-11H,3-8H2,1-2H3. The Labute approximate surface area is 85.3 Å². The molecule has 0 amide bonds. The molecule has 1 fully saturated rings. The molecule has 0 aromatic rings. The van der Waals surface area contributed by atoms with E-state index in [0.717, 1.165) is 16.7 Å². The zero-order valence-electron chi connectivity index (χ0n) is 8.35. The quantitative estimate of drug-likeness (QED) is 0.490. The Morgan fingerprint density at radius 2 is 1.83 bits per heavy atom. The largest absolute Gasteiger partial charge is 0.0888 e. The van der Waals surface area contributed by atoms with Gasteiger partial charge < -0.3 is 0 Å². The van der Waals surface area contributed by atoms with Gasteiger partial charge in [0, 0.05) is 4.83 Å². The molecule has 1 rings (SSSR count). The average molecular weight is 233 g/mol. The zero-order valence-corrected chi connectivity index (χ0v) is 9.94. The van der Waals surface area contributed by atoms with Crippen molar-refractivity contribution in [2.45, 2.75) is 57.2 Å². The van der Waals surface area contributed by atoms with Crippen LogP contribution < -0.4 is 0 Å². The molecule has 0 aliphatic heterocycles. The van der Waals surface area contributed by atoms with Crippen LogP contribution in [-0.4, -0.2) is 4.83 Å². The first kappa shape index (κ1) is 10.6. The van der Waals surface area contributed by atoms with Crippen molar-refractivity contribution in [1.82, 2.24) is 0 Å². The summed E-state index contributed by atoms with van der Waals surface area (Å²) < 4.78 is 0. The molecule has 1 aliphatic carbocycles. The van der Waals surface area contributed by atoms with Crippen molar-refractivity contribution in [1.29, 1.82) is 0 Å². The molecule has 12 heavy (non-hydrogen) atoms. The maximum Gasteiger partial charge on any atom is 0.0174 e. The van der Waals surface area contributed by atoms with Crippen molar-refractivity contribution < 1.29 is 0 Å². The van der Waals surface area contributed by atoms with Crippen LogP contribution in [-0.2, 0) is 0 Å². The van der Waals surface area contributed by atoms with Gasteiger partial charge >= 0.3 is 0 Å². The van der Waals surface area contributed by atoms with Crippen LogP contribution in [0, 0.1) is 11.8 Å². The van der Waals surface area contributed by atoms with Gasteiger partial charge in [0.2, 0.25) is 0 Å². The summed E-state index contributed by atoms with van der Waals surface area (Å²) in [5.41, 5.74) is 0. The van der Waals surface area contributed by atoms with Crippen LogP contribution in [0.25, 0.3) is 0 Å². The molecule has 2 unspecified atom stereocenters. The molecule has 0 aromatic carbocycles. The maximum absolute atomic E-state index is 3.83. The lowest BCUT2D eigenvalue weighted by Gasteiger charge is -2.21. The van der Waals surface area contributed by atoms with E-state index in [0.29, 0.717) is 0 Å². The minimum Gasteiger partial charge on any atom is -0.0888 e. The molecule has 0 bridgehead atoms. The predicted molar refractivity (Wildman–Crippen MR) is 58.7 cm³/mol. The highest BCUT2D eigenvalue weighted by Gasteiger charge is 2.21. The number of hydrogen-bond acceptors (Lipinski definition) is 0.